The molecule has 0 saturated heterocycles. The van der Waals surface area contributed by atoms with Gasteiger partial charge in [0, 0.05) is 22.6 Å². The molecule has 0 atom stereocenters. The Morgan fingerprint density at radius 1 is 1.08 bits per heavy atom. The molecule has 2 aromatic heterocycles. The SMILES string of the molecule is COc1cc(OC)c(Cl)c(C=Cc2csc3c(N)ncnc23)c1Cl. The first-order valence-corrected chi connectivity index (χ1v) is 8.46. The molecule has 8 heteroatoms. The van der Waals surface area contributed by atoms with Crippen LogP contribution in [0.15, 0.2) is 17.8 Å². The Labute approximate surface area is 152 Å². The average molecular weight is 382 g/mol. The summed E-state index contributed by atoms with van der Waals surface area (Å²) < 4.78 is 11.4. The minimum Gasteiger partial charge on any atom is -0.495 e. The maximum Gasteiger partial charge on any atom is 0.144 e. The van der Waals surface area contributed by atoms with E-state index in [1.54, 1.807) is 12.1 Å². The van der Waals surface area contributed by atoms with Gasteiger partial charge in [0.2, 0.25) is 0 Å². The predicted octanol–water partition coefficient (Wildman–Crippen LogP) is 4.77. The largest absolute Gasteiger partial charge is 0.495 e. The van der Waals surface area contributed by atoms with Gasteiger partial charge < -0.3 is 15.2 Å². The number of fused-ring (bicyclic) bond motifs is 1. The highest BCUT2D eigenvalue weighted by atomic mass is 35.5. The number of nitrogens with zero attached hydrogens (tertiary/aromatic N) is 2. The maximum atomic E-state index is 6.37. The summed E-state index contributed by atoms with van der Waals surface area (Å²) in [4.78, 5) is 8.27. The lowest BCUT2D eigenvalue weighted by atomic mass is 10.1. The molecule has 24 heavy (non-hydrogen) atoms. The Morgan fingerprint density at radius 3 is 2.38 bits per heavy atom. The zero-order valence-corrected chi connectivity index (χ0v) is 15.2. The van der Waals surface area contributed by atoms with Gasteiger partial charge in [0.1, 0.15) is 23.6 Å². The van der Waals surface area contributed by atoms with Gasteiger partial charge in [-0.25, -0.2) is 9.97 Å². The predicted molar refractivity (Wildman–Crippen MR) is 100 cm³/mol. The third kappa shape index (κ3) is 2.88. The number of anilines is 1. The highest BCUT2D eigenvalue weighted by Crippen LogP contribution is 2.41. The molecule has 0 aliphatic rings. The van der Waals surface area contributed by atoms with E-state index < -0.39 is 0 Å². The first kappa shape index (κ1) is 16.8. The molecule has 1 aromatic carbocycles. The van der Waals surface area contributed by atoms with E-state index in [2.05, 4.69) is 9.97 Å². The summed E-state index contributed by atoms with van der Waals surface area (Å²) in [7, 11) is 3.07. The summed E-state index contributed by atoms with van der Waals surface area (Å²) >= 11 is 14.2. The Hall–Kier alpha value is -2.02. The standard InChI is InChI=1S/C16H13Cl2N3O2S/c1-22-10-5-11(23-2)13(18)9(12(10)17)4-3-8-6-24-15-14(8)20-7-21-16(15)19/h3-7H,1-2H3,(H2,19,20,21). The van der Waals surface area contributed by atoms with E-state index in [4.69, 9.17) is 38.4 Å². The van der Waals surface area contributed by atoms with Crippen LogP contribution in [0.25, 0.3) is 22.4 Å². The molecule has 0 amide bonds. The summed E-state index contributed by atoms with van der Waals surface area (Å²) in [5.41, 5.74) is 8.15. The molecule has 0 saturated carbocycles. The number of nitrogens with two attached hydrogens (primary N) is 1. The molecule has 3 rings (SSSR count). The van der Waals surface area contributed by atoms with Gasteiger partial charge in [-0.1, -0.05) is 35.4 Å². The highest BCUT2D eigenvalue weighted by molar-refractivity contribution is 7.18. The quantitative estimate of drug-likeness (QED) is 0.704. The average Bonchev–Trinajstić information content (AvgIpc) is 3.00. The Morgan fingerprint density at radius 2 is 1.75 bits per heavy atom. The van der Waals surface area contributed by atoms with Crippen LogP contribution in [0, 0.1) is 0 Å². The number of hydrogen-bond acceptors (Lipinski definition) is 6. The molecule has 0 unspecified atom stereocenters. The number of aromatic nitrogens is 2. The number of rotatable bonds is 4. The number of thiophene rings is 1. The van der Waals surface area contributed by atoms with Gasteiger partial charge in [0.05, 0.1) is 34.5 Å². The van der Waals surface area contributed by atoms with E-state index in [0.29, 0.717) is 32.9 Å². The van der Waals surface area contributed by atoms with Crippen LogP contribution in [-0.4, -0.2) is 24.2 Å². The first-order valence-electron chi connectivity index (χ1n) is 6.82. The Balaban J connectivity index is 2.10. The van der Waals surface area contributed by atoms with Crippen molar-refractivity contribution in [2.24, 2.45) is 0 Å². The fourth-order valence-electron chi connectivity index (χ4n) is 2.23. The van der Waals surface area contributed by atoms with Crippen molar-refractivity contribution in [2.45, 2.75) is 0 Å². The van der Waals surface area contributed by atoms with Crippen LogP contribution < -0.4 is 15.2 Å². The fraction of sp³-hybridized carbons (Fsp3) is 0.125. The van der Waals surface area contributed by atoms with Crippen molar-refractivity contribution in [2.75, 3.05) is 20.0 Å². The normalized spacial score (nSPS) is 11.3. The van der Waals surface area contributed by atoms with Crippen LogP contribution in [0.4, 0.5) is 5.82 Å². The monoisotopic (exact) mass is 381 g/mol. The first-order chi connectivity index (χ1) is 11.6. The molecule has 2 N–H and O–H groups in total. The molecule has 5 nitrogen and oxygen atoms in total. The van der Waals surface area contributed by atoms with E-state index >= 15 is 0 Å². The van der Waals surface area contributed by atoms with Gasteiger partial charge in [0.25, 0.3) is 0 Å². The van der Waals surface area contributed by atoms with E-state index in [-0.39, 0.29) is 0 Å². The Bertz CT molecular complexity index is 912. The van der Waals surface area contributed by atoms with E-state index in [1.807, 2.05) is 11.5 Å². The lowest BCUT2D eigenvalue weighted by molar-refractivity contribution is 0.394. The van der Waals surface area contributed by atoms with Crippen molar-refractivity contribution in [3.63, 3.8) is 0 Å². The molecule has 3 aromatic rings. The van der Waals surface area contributed by atoms with Gasteiger partial charge in [-0.15, -0.1) is 11.3 Å². The van der Waals surface area contributed by atoms with Crippen LogP contribution in [0.5, 0.6) is 11.5 Å². The van der Waals surface area contributed by atoms with Gasteiger partial charge in [-0.2, -0.15) is 0 Å². The van der Waals surface area contributed by atoms with Gasteiger partial charge in [-0.05, 0) is 0 Å². The highest BCUT2D eigenvalue weighted by Gasteiger charge is 2.15. The lowest BCUT2D eigenvalue weighted by Crippen LogP contribution is -1.92. The van der Waals surface area contributed by atoms with E-state index in [1.165, 1.54) is 31.9 Å². The third-order valence-electron chi connectivity index (χ3n) is 3.45. The van der Waals surface area contributed by atoms with Crippen molar-refractivity contribution in [3.8, 4) is 11.5 Å². The van der Waals surface area contributed by atoms with Crippen LogP contribution in [0.2, 0.25) is 10.0 Å². The smallest absolute Gasteiger partial charge is 0.144 e. The van der Waals surface area contributed by atoms with Gasteiger partial charge >= 0.3 is 0 Å². The fourth-order valence-corrected chi connectivity index (χ4v) is 3.75. The van der Waals surface area contributed by atoms with Crippen LogP contribution in [0.1, 0.15) is 11.1 Å². The summed E-state index contributed by atoms with van der Waals surface area (Å²) in [6.07, 6.45) is 5.11. The van der Waals surface area contributed by atoms with Crippen molar-refractivity contribution in [1.29, 1.82) is 0 Å². The van der Waals surface area contributed by atoms with Crippen molar-refractivity contribution in [1.82, 2.24) is 9.97 Å². The second-order valence-corrected chi connectivity index (χ2v) is 6.42. The number of ether oxygens (including phenoxy) is 2. The van der Waals surface area contributed by atoms with E-state index in [0.717, 1.165) is 15.8 Å². The van der Waals surface area contributed by atoms with Crippen molar-refractivity contribution < 1.29 is 9.47 Å². The van der Waals surface area contributed by atoms with E-state index in [9.17, 15) is 0 Å². The van der Waals surface area contributed by atoms with Gasteiger partial charge in [0.15, 0.2) is 0 Å². The summed E-state index contributed by atoms with van der Waals surface area (Å²) in [5.74, 6) is 1.43. The zero-order valence-electron chi connectivity index (χ0n) is 12.8. The second-order valence-electron chi connectivity index (χ2n) is 4.78. The molecule has 2 heterocycles. The van der Waals surface area contributed by atoms with Crippen molar-refractivity contribution >= 4 is 62.7 Å². The summed E-state index contributed by atoms with van der Waals surface area (Å²) in [6.45, 7) is 0. The molecule has 0 radical (unpaired) electrons. The number of benzene rings is 1. The molecule has 0 bridgehead atoms. The number of nitrogen functional groups attached to an aromatic ring is 1. The summed E-state index contributed by atoms with van der Waals surface area (Å²) in [6, 6.07) is 1.65. The third-order valence-corrected chi connectivity index (χ3v) is 5.24. The van der Waals surface area contributed by atoms with Crippen molar-refractivity contribution in [3.05, 3.63) is 38.9 Å². The maximum absolute atomic E-state index is 6.37. The topological polar surface area (TPSA) is 70.3 Å². The lowest BCUT2D eigenvalue weighted by Gasteiger charge is -2.12. The zero-order chi connectivity index (χ0) is 17.3. The molecule has 0 fully saturated rings. The van der Waals surface area contributed by atoms with Crippen LogP contribution in [0.3, 0.4) is 0 Å². The second kappa shape index (κ2) is 6.84. The number of methoxy groups -OCH3 is 2. The molecular formula is C16H13Cl2N3O2S. The molecule has 124 valence electrons. The summed E-state index contributed by atoms with van der Waals surface area (Å²) in [5, 5.41) is 2.77. The molecule has 0 aliphatic carbocycles. The minimum atomic E-state index is 0.410. The minimum absolute atomic E-state index is 0.410. The van der Waals surface area contributed by atoms with Crippen LogP contribution in [-0.2, 0) is 0 Å². The number of hydrogen-bond donors (Lipinski definition) is 1. The Kier molecular flexibility index (Phi) is 4.80. The number of halogens is 2. The molecule has 0 aliphatic heterocycles. The van der Waals surface area contributed by atoms with Crippen LogP contribution >= 0.6 is 34.5 Å². The molecule has 0 spiro atoms. The van der Waals surface area contributed by atoms with Gasteiger partial charge in [-0.3, -0.25) is 0 Å². The molecular weight excluding hydrogens is 369 g/mol.